The molecule has 9 heteroatoms. The molecular weight excluding hydrogens is 488 g/mol. The van der Waals surface area contributed by atoms with E-state index in [-0.39, 0.29) is 4.90 Å². The predicted octanol–water partition coefficient (Wildman–Crippen LogP) is 5.95. The second kappa shape index (κ2) is 10.7. The molecule has 0 aliphatic carbocycles. The summed E-state index contributed by atoms with van der Waals surface area (Å²) in [6.45, 7) is 4.39. The third kappa shape index (κ3) is 5.70. The van der Waals surface area contributed by atoms with Crippen molar-refractivity contribution in [3.8, 4) is 11.1 Å². The van der Waals surface area contributed by atoms with Gasteiger partial charge in [-0.2, -0.15) is 0 Å². The van der Waals surface area contributed by atoms with Crippen LogP contribution in [-0.4, -0.2) is 23.2 Å². The average Bonchev–Trinajstić information content (AvgIpc) is 3.27. The highest BCUT2D eigenvalue weighted by Crippen LogP contribution is 2.26. The van der Waals surface area contributed by atoms with E-state index in [0.29, 0.717) is 17.4 Å². The molecule has 4 aromatic rings. The highest BCUT2D eigenvalue weighted by molar-refractivity contribution is 7.98. The predicted molar refractivity (Wildman–Crippen MR) is 137 cm³/mol. The molecule has 34 heavy (non-hydrogen) atoms. The molecule has 0 spiro atoms. The van der Waals surface area contributed by atoms with E-state index < -0.39 is 16.1 Å². The molecular formula is C25H25ClN4O2S2. The third-order valence-electron chi connectivity index (χ3n) is 5.33. The molecule has 0 amide bonds. The topological polar surface area (TPSA) is 76.9 Å². The zero-order chi connectivity index (χ0) is 24.1. The molecule has 0 radical (unpaired) electrons. The van der Waals surface area contributed by atoms with Crippen LogP contribution in [0, 0.1) is 0 Å². The summed E-state index contributed by atoms with van der Waals surface area (Å²) in [5.74, 6) is 1.31. The number of hydrogen-bond donors (Lipinski definition) is 1. The normalized spacial score (nSPS) is 12.6. The maximum atomic E-state index is 12.8. The fourth-order valence-corrected chi connectivity index (χ4v) is 5.86. The second-order valence-electron chi connectivity index (χ2n) is 7.73. The van der Waals surface area contributed by atoms with Gasteiger partial charge in [0.1, 0.15) is 0 Å². The SMILES string of the molecule is CCn1c(SCc2ccc(-c3ccccc3)cc2)nnc1[C@@H](C)NS(=O)(=O)c1ccc(Cl)cc1. The highest BCUT2D eigenvalue weighted by atomic mass is 35.5. The van der Waals surface area contributed by atoms with Crippen LogP contribution in [0.2, 0.25) is 5.02 Å². The van der Waals surface area contributed by atoms with Crippen LogP contribution in [0.3, 0.4) is 0 Å². The number of nitrogens with zero attached hydrogens (tertiary/aromatic N) is 3. The fraction of sp³-hybridized carbons (Fsp3) is 0.200. The zero-order valence-corrected chi connectivity index (χ0v) is 21.2. The molecule has 0 saturated carbocycles. The van der Waals surface area contributed by atoms with E-state index in [1.54, 1.807) is 30.8 Å². The molecule has 0 unspecified atom stereocenters. The lowest BCUT2D eigenvalue weighted by Gasteiger charge is -2.15. The van der Waals surface area contributed by atoms with Gasteiger partial charge in [0.05, 0.1) is 10.9 Å². The standard InChI is InChI=1S/C25H25ClN4O2S2/c1-3-30-24(18(2)29-34(31,32)23-15-13-22(26)14-16-23)27-28-25(30)33-17-19-9-11-21(12-10-19)20-7-5-4-6-8-20/h4-16,18,29H,3,17H2,1-2H3/t18-/m1/s1. The van der Waals surface area contributed by atoms with Crippen molar-refractivity contribution in [1.29, 1.82) is 0 Å². The minimum absolute atomic E-state index is 0.153. The molecule has 0 aliphatic rings. The number of halogens is 1. The fourth-order valence-electron chi connectivity index (χ4n) is 3.56. The lowest BCUT2D eigenvalue weighted by Crippen LogP contribution is -2.29. The lowest BCUT2D eigenvalue weighted by atomic mass is 10.0. The first-order valence-electron chi connectivity index (χ1n) is 10.9. The van der Waals surface area contributed by atoms with Crippen molar-refractivity contribution >= 4 is 33.4 Å². The van der Waals surface area contributed by atoms with Gasteiger partial charge in [0.15, 0.2) is 11.0 Å². The van der Waals surface area contributed by atoms with E-state index in [1.165, 1.54) is 28.8 Å². The van der Waals surface area contributed by atoms with E-state index >= 15 is 0 Å². The number of thioether (sulfide) groups is 1. The van der Waals surface area contributed by atoms with Gasteiger partial charge in [0.25, 0.3) is 0 Å². The van der Waals surface area contributed by atoms with E-state index in [0.717, 1.165) is 10.9 Å². The van der Waals surface area contributed by atoms with Gasteiger partial charge in [-0.15, -0.1) is 10.2 Å². The van der Waals surface area contributed by atoms with Crippen LogP contribution >= 0.6 is 23.4 Å². The summed E-state index contributed by atoms with van der Waals surface area (Å²) in [5, 5.41) is 9.85. The summed E-state index contributed by atoms with van der Waals surface area (Å²) in [7, 11) is -3.72. The van der Waals surface area contributed by atoms with Crippen molar-refractivity contribution in [2.45, 2.75) is 42.2 Å². The molecule has 0 saturated heterocycles. The van der Waals surface area contributed by atoms with Gasteiger partial charge >= 0.3 is 0 Å². The molecule has 1 aromatic heterocycles. The monoisotopic (exact) mass is 512 g/mol. The Morgan fingerprint density at radius 3 is 2.24 bits per heavy atom. The highest BCUT2D eigenvalue weighted by Gasteiger charge is 2.23. The van der Waals surface area contributed by atoms with E-state index in [1.807, 2.05) is 29.7 Å². The van der Waals surface area contributed by atoms with Gasteiger partial charge in [-0.1, -0.05) is 78.0 Å². The van der Waals surface area contributed by atoms with Gasteiger partial charge in [-0.25, -0.2) is 13.1 Å². The molecule has 1 N–H and O–H groups in total. The number of rotatable bonds is 9. The Balaban J connectivity index is 1.44. The van der Waals surface area contributed by atoms with Gasteiger partial charge in [-0.05, 0) is 54.8 Å². The largest absolute Gasteiger partial charge is 0.305 e. The van der Waals surface area contributed by atoms with Crippen molar-refractivity contribution in [3.63, 3.8) is 0 Å². The Morgan fingerprint density at radius 1 is 0.941 bits per heavy atom. The van der Waals surface area contributed by atoms with Crippen LogP contribution < -0.4 is 4.72 Å². The Bertz CT molecular complexity index is 1340. The first-order valence-corrected chi connectivity index (χ1v) is 13.7. The summed E-state index contributed by atoms with van der Waals surface area (Å²) in [4.78, 5) is 0.153. The smallest absolute Gasteiger partial charge is 0.241 e. The summed E-state index contributed by atoms with van der Waals surface area (Å²) < 4.78 is 30.1. The second-order valence-corrected chi connectivity index (χ2v) is 10.8. The van der Waals surface area contributed by atoms with Crippen molar-refractivity contribution in [3.05, 3.63) is 95.3 Å². The first-order chi connectivity index (χ1) is 16.4. The zero-order valence-electron chi connectivity index (χ0n) is 18.8. The van der Waals surface area contributed by atoms with Crippen molar-refractivity contribution in [1.82, 2.24) is 19.5 Å². The van der Waals surface area contributed by atoms with Crippen LogP contribution in [0.15, 0.2) is 88.9 Å². The lowest BCUT2D eigenvalue weighted by molar-refractivity contribution is 0.539. The Kier molecular flexibility index (Phi) is 7.73. The van der Waals surface area contributed by atoms with Gasteiger partial charge in [-0.3, -0.25) is 0 Å². The Hall–Kier alpha value is -2.65. The van der Waals surface area contributed by atoms with Gasteiger partial charge in [0, 0.05) is 17.3 Å². The maximum Gasteiger partial charge on any atom is 0.241 e. The average molecular weight is 513 g/mol. The molecule has 4 rings (SSSR count). The molecule has 176 valence electrons. The van der Waals surface area contributed by atoms with Crippen LogP contribution in [0.25, 0.3) is 11.1 Å². The van der Waals surface area contributed by atoms with Crippen LogP contribution in [0.4, 0.5) is 0 Å². The van der Waals surface area contributed by atoms with E-state index in [9.17, 15) is 8.42 Å². The van der Waals surface area contributed by atoms with Gasteiger partial charge in [0.2, 0.25) is 10.0 Å². The number of sulfonamides is 1. The first kappa shape index (κ1) is 24.5. The molecule has 0 fully saturated rings. The van der Waals surface area contributed by atoms with Gasteiger partial charge < -0.3 is 4.57 Å². The number of hydrogen-bond acceptors (Lipinski definition) is 5. The van der Waals surface area contributed by atoms with Crippen molar-refractivity contribution in [2.75, 3.05) is 0 Å². The molecule has 0 bridgehead atoms. The van der Waals surface area contributed by atoms with Crippen LogP contribution in [-0.2, 0) is 22.3 Å². The molecule has 1 heterocycles. The quantitative estimate of drug-likeness (QED) is 0.280. The Morgan fingerprint density at radius 2 is 1.59 bits per heavy atom. The van der Waals surface area contributed by atoms with E-state index in [4.69, 9.17) is 11.6 Å². The summed E-state index contributed by atoms with van der Waals surface area (Å²) >= 11 is 7.45. The minimum Gasteiger partial charge on any atom is -0.305 e. The summed E-state index contributed by atoms with van der Waals surface area (Å²) in [5.41, 5.74) is 3.54. The van der Waals surface area contributed by atoms with Crippen molar-refractivity contribution < 1.29 is 8.42 Å². The maximum absolute atomic E-state index is 12.8. The number of nitrogens with one attached hydrogen (secondary N) is 1. The third-order valence-corrected chi connectivity index (χ3v) is 8.18. The molecule has 0 aliphatic heterocycles. The Labute approximate surface area is 209 Å². The molecule has 3 aromatic carbocycles. The minimum atomic E-state index is -3.72. The van der Waals surface area contributed by atoms with E-state index in [2.05, 4.69) is 51.3 Å². The van der Waals surface area contributed by atoms with Crippen LogP contribution in [0.1, 0.15) is 31.3 Å². The number of benzene rings is 3. The van der Waals surface area contributed by atoms with Crippen molar-refractivity contribution in [2.24, 2.45) is 0 Å². The van der Waals surface area contributed by atoms with Crippen LogP contribution in [0.5, 0.6) is 0 Å². The summed E-state index contributed by atoms with van der Waals surface area (Å²) in [6.07, 6.45) is 0. The molecule has 1 atom stereocenters. The number of aromatic nitrogens is 3. The molecule has 6 nitrogen and oxygen atoms in total. The summed E-state index contributed by atoms with van der Waals surface area (Å²) in [6, 6.07) is 24.3.